The number of aryl methyl sites for hydroxylation is 1. The Morgan fingerprint density at radius 3 is 2.96 bits per heavy atom. The molecule has 2 aliphatic rings. The van der Waals surface area contributed by atoms with Crippen molar-refractivity contribution in [2.24, 2.45) is 4.99 Å². The highest BCUT2D eigenvalue weighted by atomic mass is 32.1. The summed E-state index contributed by atoms with van der Waals surface area (Å²) in [7, 11) is 0. The monoisotopic (exact) mass is 320 g/mol. The van der Waals surface area contributed by atoms with Crippen LogP contribution in [-0.4, -0.2) is 21.0 Å². The van der Waals surface area contributed by atoms with E-state index in [-0.39, 0.29) is 0 Å². The zero-order valence-electron chi connectivity index (χ0n) is 12.7. The van der Waals surface area contributed by atoms with E-state index < -0.39 is 0 Å². The van der Waals surface area contributed by atoms with Gasteiger partial charge in [-0.05, 0) is 37.8 Å². The molecule has 0 radical (unpaired) electrons. The summed E-state index contributed by atoms with van der Waals surface area (Å²) in [5, 5.41) is 5.94. The lowest BCUT2D eigenvalue weighted by molar-refractivity contribution is 0.653. The fourth-order valence-corrected chi connectivity index (χ4v) is 4.42. The van der Waals surface area contributed by atoms with Gasteiger partial charge in [0.05, 0.1) is 21.5 Å². The highest BCUT2D eigenvalue weighted by Gasteiger charge is 2.27. The van der Waals surface area contributed by atoms with Gasteiger partial charge in [0.2, 0.25) is 0 Å². The van der Waals surface area contributed by atoms with Crippen molar-refractivity contribution >= 4 is 33.5 Å². The predicted octanol–water partition coefficient (Wildman–Crippen LogP) is 4.31. The Kier molecular flexibility index (Phi) is 2.94. The minimum Gasteiger partial charge on any atom is -0.268 e. The zero-order chi connectivity index (χ0) is 15.2. The normalized spacial score (nSPS) is 16.8. The Bertz CT molecular complexity index is 928. The summed E-state index contributed by atoms with van der Waals surface area (Å²) in [6, 6.07) is 8.33. The van der Waals surface area contributed by atoms with E-state index in [1.54, 1.807) is 11.3 Å². The lowest BCUT2D eigenvalue weighted by Crippen LogP contribution is -1.96. The molecule has 2 aromatic heterocycles. The van der Waals surface area contributed by atoms with Gasteiger partial charge >= 0.3 is 0 Å². The van der Waals surface area contributed by atoms with Gasteiger partial charge in [-0.3, -0.25) is 9.67 Å². The number of thiazole rings is 1. The first-order chi connectivity index (χ1) is 11.4. The molecule has 2 aliphatic heterocycles. The van der Waals surface area contributed by atoms with Crippen LogP contribution >= 0.6 is 11.3 Å². The van der Waals surface area contributed by atoms with Crippen LogP contribution in [0.3, 0.4) is 0 Å². The molecule has 0 saturated heterocycles. The first kappa shape index (κ1) is 13.2. The molecule has 5 rings (SSSR count). The van der Waals surface area contributed by atoms with E-state index in [0.29, 0.717) is 0 Å². The number of hydrogen-bond donors (Lipinski definition) is 0. The van der Waals surface area contributed by atoms with Gasteiger partial charge in [0.15, 0.2) is 0 Å². The van der Waals surface area contributed by atoms with Gasteiger partial charge < -0.3 is 0 Å². The molecular weight excluding hydrogens is 304 g/mol. The number of hydrogen-bond acceptors (Lipinski definition) is 4. The third-order valence-electron chi connectivity index (χ3n) is 4.46. The van der Waals surface area contributed by atoms with Crippen LogP contribution in [0.15, 0.2) is 35.3 Å². The molecule has 3 aromatic rings. The highest BCUT2D eigenvalue weighted by Crippen LogP contribution is 2.39. The van der Waals surface area contributed by atoms with E-state index in [2.05, 4.69) is 33.9 Å². The topological polar surface area (TPSA) is 43.1 Å². The number of fused-ring (bicyclic) bond motifs is 2. The molecule has 23 heavy (non-hydrogen) atoms. The lowest BCUT2D eigenvalue weighted by atomic mass is 10.1. The number of benzene rings is 1. The quantitative estimate of drug-likeness (QED) is 0.706. The number of para-hydroxylation sites is 1. The smallest absolute Gasteiger partial charge is 0.128 e. The number of aromatic nitrogens is 3. The molecule has 0 bridgehead atoms. The fraction of sp³-hybridized carbons (Fsp3) is 0.278. The summed E-state index contributed by atoms with van der Waals surface area (Å²) >= 11 is 1.76. The minimum absolute atomic E-state index is 1.00. The van der Waals surface area contributed by atoms with E-state index in [1.807, 2.05) is 12.3 Å². The van der Waals surface area contributed by atoms with Gasteiger partial charge in [-0.15, -0.1) is 11.3 Å². The van der Waals surface area contributed by atoms with Crippen molar-refractivity contribution in [3.63, 3.8) is 0 Å². The van der Waals surface area contributed by atoms with Crippen molar-refractivity contribution in [1.29, 1.82) is 0 Å². The summed E-state index contributed by atoms with van der Waals surface area (Å²) < 4.78 is 3.38. The van der Waals surface area contributed by atoms with Crippen molar-refractivity contribution in [3.8, 4) is 10.6 Å². The van der Waals surface area contributed by atoms with E-state index in [9.17, 15) is 0 Å². The zero-order valence-corrected chi connectivity index (χ0v) is 13.5. The molecule has 0 spiro atoms. The molecule has 1 aromatic carbocycles. The predicted molar refractivity (Wildman–Crippen MR) is 94.9 cm³/mol. The second-order valence-electron chi connectivity index (χ2n) is 5.96. The van der Waals surface area contributed by atoms with Crippen LogP contribution in [0.1, 0.15) is 30.7 Å². The summed E-state index contributed by atoms with van der Waals surface area (Å²) in [5.74, 6) is 0. The molecule has 0 N–H and O–H groups in total. The molecule has 114 valence electrons. The van der Waals surface area contributed by atoms with Gasteiger partial charge in [0.1, 0.15) is 10.7 Å². The van der Waals surface area contributed by atoms with E-state index >= 15 is 0 Å². The Labute approximate surface area is 138 Å². The summed E-state index contributed by atoms with van der Waals surface area (Å²) in [6.07, 6.45) is 8.52. The van der Waals surface area contributed by atoms with E-state index in [0.717, 1.165) is 47.7 Å². The van der Waals surface area contributed by atoms with Gasteiger partial charge in [-0.25, -0.2) is 4.98 Å². The van der Waals surface area contributed by atoms with Gasteiger partial charge in [-0.1, -0.05) is 18.2 Å². The van der Waals surface area contributed by atoms with Crippen molar-refractivity contribution in [2.45, 2.75) is 32.2 Å². The third kappa shape index (κ3) is 2.07. The van der Waals surface area contributed by atoms with Crippen LogP contribution in [0.4, 0.5) is 0 Å². The van der Waals surface area contributed by atoms with Gasteiger partial charge in [0.25, 0.3) is 0 Å². The van der Waals surface area contributed by atoms with Crippen LogP contribution in [0.25, 0.3) is 26.5 Å². The van der Waals surface area contributed by atoms with Crippen molar-refractivity contribution < 1.29 is 0 Å². The molecule has 0 amide bonds. The molecule has 0 fully saturated rings. The summed E-state index contributed by atoms with van der Waals surface area (Å²) in [6.45, 7) is 1.00. The van der Waals surface area contributed by atoms with Gasteiger partial charge in [0, 0.05) is 18.5 Å². The number of nitrogens with zero attached hydrogens (tertiary/aromatic N) is 4. The Balaban J connectivity index is 1.74. The van der Waals surface area contributed by atoms with Crippen molar-refractivity contribution in [3.05, 3.63) is 41.7 Å². The molecule has 0 atom stereocenters. The second kappa shape index (κ2) is 5.13. The molecular formula is C18H16N4S. The SMILES string of the molecule is C1=NC(c2nn3c(c2-c2nc4ccccc4s2)CCC3)=CCC1. The average molecular weight is 320 g/mol. The van der Waals surface area contributed by atoms with Crippen LogP contribution < -0.4 is 0 Å². The first-order valence-corrected chi connectivity index (χ1v) is 8.90. The van der Waals surface area contributed by atoms with Gasteiger partial charge in [-0.2, -0.15) is 5.10 Å². The molecule has 0 unspecified atom stereocenters. The maximum atomic E-state index is 4.87. The number of rotatable bonds is 2. The van der Waals surface area contributed by atoms with Crippen LogP contribution in [0.2, 0.25) is 0 Å². The Morgan fingerprint density at radius 1 is 1.13 bits per heavy atom. The second-order valence-corrected chi connectivity index (χ2v) is 6.99. The minimum atomic E-state index is 1.00. The number of aliphatic imine (C=N–C) groups is 1. The molecule has 5 heteroatoms. The lowest BCUT2D eigenvalue weighted by Gasteiger charge is -2.06. The Morgan fingerprint density at radius 2 is 2.09 bits per heavy atom. The first-order valence-electron chi connectivity index (χ1n) is 8.09. The fourth-order valence-electron chi connectivity index (χ4n) is 3.38. The number of allylic oxidation sites excluding steroid dienone is 1. The van der Waals surface area contributed by atoms with E-state index in [1.165, 1.54) is 22.4 Å². The van der Waals surface area contributed by atoms with E-state index in [4.69, 9.17) is 10.1 Å². The standard InChI is InChI=1S/C18H16N4S/c1-2-9-15-12(6-1)20-18(23-15)16-14-8-5-11-22(14)21-17(16)13-7-3-4-10-19-13/h1-2,6-7,9-10H,3-5,8,11H2. The molecule has 0 aliphatic carbocycles. The maximum Gasteiger partial charge on any atom is 0.128 e. The van der Waals surface area contributed by atoms with Crippen molar-refractivity contribution in [1.82, 2.24) is 14.8 Å². The third-order valence-corrected chi connectivity index (χ3v) is 5.51. The maximum absolute atomic E-state index is 4.87. The summed E-state index contributed by atoms with van der Waals surface area (Å²) in [4.78, 5) is 9.46. The van der Waals surface area contributed by atoms with Crippen LogP contribution in [0.5, 0.6) is 0 Å². The highest BCUT2D eigenvalue weighted by molar-refractivity contribution is 7.21. The molecule has 0 saturated carbocycles. The average Bonchev–Trinajstić information content (AvgIpc) is 3.28. The molecule has 4 heterocycles. The molecule has 4 nitrogen and oxygen atoms in total. The van der Waals surface area contributed by atoms with Crippen LogP contribution in [-0.2, 0) is 13.0 Å². The largest absolute Gasteiger partial charge is 0.268 e. The van der Waals surface area contributed by atoms with Crippen LogP contribution in [0, 0.1) is 0 Å². The van der Waals surface area contributed by atoms with Crippen molar-refractivity contribution in [2.75, 3.05) is 0 Å². The Hall–Kier alpha value is -2.27. The summed E-state index contributed by atoms with van der Waals surface area (Å²) in [5.41, 5.74) is 5.61.